The lowest BCUT2D eigenvalue weighted by atomic mass is 10.0. The molecule has 0 aliphatic rings. The van der Waals surface area contributed by atoms with Crippen LogP contribution in [0.3, 0.4) is 0 Å². The molecule has 0 saturated heterocycles. The Labute approximate surface area is 153 Å². The largest absolute Gasteiger partial charge is 0.493 e. The zero-order chi connectivity index (χ0) is 18.9. The van der Waals surface area contributed by atoms with Crippen LogP contribution in [0.1, 0.15) is 35.2 Å². The van der Waals surface area contributed by atoms with Crippen LogP contribution in [0.5, 0.6) is 17.2 Å². The minimum absolute atomic E-state index is 0.0586. The van der Waals surface area contributed by atoms with Gasteiger partial charge in [0.2, 0.25) is 5.75 Å². The number of carbonyl (C=O) groups excluding carboxylic acids is 2. The molecule has 0 atom stereocenters. The minimum atomic E-state index is -0.0586. The van der Waals surface area contributed by atoms with E-state index >= 15 is 0 Å². The second-order valence-electron chi connectivity index (χ2n) is 5.89. The van der Waals surface area contributed by atoms with Crippen molar-refractivity contribution in [3.63, 3.8) is 0 Å². The Hall–Kier alpha value is -2.82. The highest BCUT2D eigenvalue weighted by Crippen LogP contribution is 2.38. The second kappa shape index (κ2) is 9.61. The van der Waals surface area contributed by atoms with Crippen molar-refractivity contribution in [2.24, 2.45) is 0 Å². The van der Waals surface area contributed by atoms with E-state index in [-0.39, 0.29) is 11.6 Å². The van der Waals surface area contributed by atoms with Gasteiger partial charge in [0.15, 0.2) is 17.3 Å². The molecule has 0 spiro atoms. The first-order valence-electron chi connectivity index (χ1n) is 8.47. The Balaban J connectivity index is 1.94. The molecule has 0 N–H and O–H groups in total. The van der Waals surface area contributed by atoms with Gasteiger partial charge in [0.1, 0.15) is 5.78 Å². The van der Waals surface area contributed by atoms with Gasteiger partial charge in [-0.1, -0.05) is 30.3 Å². The maximum atomic E-state index is 12.5. The molecule has 26 heavy (non-hydrogen) atoms. The quantitative estimate of drug-likeness (QED) is 0.605. The van der Waals surface area contributed by atoms with Crippen LogP contribution in [0.25, 0.3) is 0 Å². The summed E-state index contributed by atoms with van der Waals surface area (Å²) in [7, 11) is 4.53. The lowest BCUT2D eigenvalue weighted by molar-refractivity contribution is -0.118. The maximum absolute atomic E-state index is 12.5. The molecule has 2 rings (SSSR count). The monoisotopic (exact) mass is 356 g/mol. The van der Waals surface area contributed by atoms with E-state index in [9.17, 15) is 9.59 Å². The Morgan fingerprint density at radius 3 is 2.00 bits per heavy atom. The predicted molar refractivity (Wildman–Crippen MR) is 99.4 cm³/mol. The topological polar surface area (TPSA) is 61.8 Å². The van der Waals surface area contributed by atoms with Crippen molar-refractivity contribution in [2.75, 3.05) is 21.3 Å². The number of methoxy groups -OCH3 is 3. The van der Waals surface area contributed by atoms with Crippen LogP contribution in [0, 0.1) is 0 Å². The van der Waals surface area contributed by atoms with Crippen molar-refractivity contribution in [1.29, 1.82) is 0 Å². The van der Waals surface area contributed by atoms with Crippen molar-refractivity contribution in [2.45, 2.75) is 25.7 Å². The van der Waals surface area contributed by atoms with Gasteiger partial charge in [0.25, 0.3) is 0 Å². The van der Waals surface area contributed by atoms with E-state index in [0.717, 1.165) is 5.56 Å². The summed E-state index contributed by atoms with van der Waals surface area (Å²) >= 11 is 0. The van der Waals surface area contributed by atoms with Crippen molar-refractivity contribution in [3.05, 3.63) is 53.6 Å². The highest BCUT2D eigenvalue weighted by Gasteiger charge is 2.17. The third-order valence-corrected chi connectivity index (χ3v) is 4.09. The number of ether oxygens (including phenoxy) is 3. The zero-order valence-corrected chi connectivity index (χ0v) is 15.4. The lowest BCUT2D eigenvalue weighted by Crippen LogP contribution is -2.06. The number of carbonyl (C=O) groups is 2. The first-order chi connectivity index (χ1) is 12.6. The van der Waals surface area contributed by atoms with E-state index in [1.54, 1.807) is 12.1 Å². The summed E-state index contributed by atoms with van der Waals surface area (Å²) < 4.78 is 15.8. The van der Waals surface area contributed by atoms with Crippen molar-refractivity contribution < 1.29 is 23.8 Å². The van der Waals surface area contributed by atoms with Crippen molar-refractivity contribution in [3.8, 4) is 17.2 Å². The number of ketones is 2. The molecule has 0 radical (unpaired) electrons. The van der Waals surface area contributed by atoms with Crippen molar-refractivity contribution >= 4 is 11.6 Å². The second-order valence-corrected chi connectivity index (χ2v) is 5.89. The van der Waals surface area contributed by atoms with E-state index in [1.807, 2.05) is 30.3 Å². The van der Waals surface area contributed by atoms with Gasteiger partial charge in [-0.15, -0.1) is 0 Å². The van der Waals surface area contributed by atoms with E-state index in [4.69, 9.17) is 14.2 Å². The van der Waals surface area contributed by atoms with E-state index in [0.29, 0.717) is 48.5 Å². The van der Waals surface area contributed by atoms with Gasteiger partial charge >= 0.3 is 0 Å². The summed E-state index contributed by atoms with van der Waals surface area (Å²) in [5.74, 6) is 1.40. The van der Waals surface area contributed by atoms with Gasteiger partial charge in [-0.3, -0.25) is 9.59 Å². The molecular weight excluding hydrogens is 332 g/mol. The Kier molecular flexibility index (Phi) is 7.21. The Morgan fingerprint density at radius 1 is 0.846 bits per heavy atom. The van der Waals surface area contributed by atoms with Crippen molar-refractivity contribution in [1.82, 2.24) is 0 Å². The molecule has 0 saturated carbocycles. The molecule has 0 fully saturated rings. The Morgan fingerprint density at radius 2 is 1.46 bits per heavy atom. The standard InChI is InChI=1S/C21H24O5/c1-24-19-13-16(14-20(25-2)21(19)26-3)18(23)11-7-10-17(22)12-15-8-5-4-6-9-15/h4-6,8-9,13-14H,7,10-12H2,1-3H3. The fraction of sp³-hybridized carbons (Fsp3) is 0.333. The zero-order valence-electron chi connectivity index (χ0n) is 15.4. The molecule has 0 aromatic heterocycles. The molecule has 0 heterocycles. The van der Waals surface area contributed by atoms with Crippen LogP contribution in [-0.4, -0.2) is 32.9 Å². The normalized spacial score (nSPS) is 10.3. The fourth-order valence-electron chi connectivity index (χ4n) is 2.74. The number of Topliss-reactive ketones (excluding diaryl/α,β-unsaturated/α-hetero) is 2. The molecule has 2 aromatic rings. The van der Waals surface area contributed by atoms with Gasteiger partial charge in [0.05, 0.1) is 21.3 Å². The van der Waals surface area contributed by atoms with Gasteiger partial charge in [-0.05, 0) is 24.1 Å². The van der Waals surface area contributed by atoms with Crippen LogP contribution < -0.4 is 14.2 Å². The van der Waals surface area contributed by atoms with Crippen LogP contribution >= 0.6 is 0 Å². The molecule has 5 heteroatoms. The molecular formula is C21H24O5. The minimum Gasteiger partial charge on any atom is -0.493 e. The average molecular weight is 356 g/mol. The molecule has 0 aliphatic heterocycles. The lowest BCUT2D eigenvalue weighted by Gasteiger charge is -2.13. The SMILES string of the molecule is COc1cc(C(=O)CCCC(=O)Cc2ccccc2)cc(OC)c1OC. The average Bonchev–Trinajstić information content (AvgIpc) is 2.67. The van der Waals surface area contributed by atoms with E-state index in [2.05, 4.69) is 0 Å². The van der Waals surface area contributed by atoms with E-state index in [1.165, 1.54) is 21.3 Å². The first kappa shape index (κ1) is 19.5. The number of hydrogen-bond acceptors (Lipinski definition) is 5. The summed E-state index contributed by atoms with van der Waals surface area (Å²) in [6.45, 7) is 0. The van der Waals surface area contributed by atoms with Crippen LogP contribution in [0.15, 0.2) is 42.5 Å². The smallest absolute Gasteiger partial charge is 0.203 e. The number of benzene rings is 2. The summed E-state index contributed by atoms with van der Waals surface area (Å²) in [5, 5.41) is 0. The van der Waals surface area contributed by atoms with Gasteiger partial charge in [-0.25, -0.2) is 0 Å². The van der Waals surface area contributed by atoms with Gasteiger partial charge in [0, 0.05) is 24.8 Å². The highest BCUT2D eigenvalue weighted by atomic mass is 16.5. The Bertz CT molecular complexity index is 727. The van der Waals surface area contributed by atoms with Gasteiger partial charge < -0.3 is 14.2 Å². The summed E-state index contributed by atoms with van der Waals surface area (Å²) in [4.78, 5) is 24.5. The van der Waals surface area contributed by atoms with Crippen LogP contribution in [-0.2, 0) is 11.2 Å². The molecule has 138 valence electrons. The third kappa shape index (κ3) is 5.09. The molecule has 0 bridgehead atoms. The van der Waals surface area contributed by atoms with Crippen LogP contribution in [0.4, 0.5) is 0 Å². The number of rotatable bonds is 10. The van der Waals surface area contributed by atoms with Crippen LogP contribution in [0.2, 0.25) is 0 Å². The van der Waals surface area contributed by atoms with Gasteiger partial charge in [-0.2, -0.15) is 0 Å². The summed E-state index contributed by atoms with van der Waals surface area (Å²) in [6.07, 6.45) is 1.59. The number of hydrogen-bond donors (Lipinski definition) is 0. The molecule has 0 unspecified atom stereocenters. The maximum Gasteiger partial charge on any atom is 0.203 e. The third-order valence-electron chi connectivity index (χ3n) is 4.09. The summed E-state index contributed by atoms with van der Waals surface area (Å²) in [6, 6.07) is 12.9. The first-order valence-corrected chi connectivity index (χ1v) is 8.47. The molecule has 2 aromatic carbocycles. The molecule has 0 aliphatic carbocycles. The summed E-state index contributed by atoms with van der Waals surface area (Å²) in [5.41, 5.74) is 1.48. The highest BCUT2D eigenvalue weighted by molar-refractivity contribution is 5.97. The van der Waals surface area contributed by atoms with E-state index < -0.39 is 0 Å². The molecule has 5 nitrogen and oxygen atoms in total. The predicted octanol–water partition coefficient (Wildman–Crippen LogP) is 3.88. The molecule has 0 amide bonds. The fourth-order valence-corrected chi connectivity index (χ4v) is 2.74.